The molecule has 0 saturated heterocycles. The van der Waals surface area contributed by atoms with Crippen LogP contribution in [0.25, 0.3) is 6.08 Å². The van der Waals surface area contributed by atoms with Gasteiger partial charge in [-0.3, -0.25) is 0 Å². The first-order valence-electron chi connectivity index (χ1n) is 5.19. The van der Waals surface area contributed by atoms with Crippen LogP contribution in [0.4, 0.5) is 0 Å². The van der Waals surface area contributed by atoms with Crippen molar-refractivity contribution in [1.29, 1.82) is 0 Å². The quantitative estimate of drug-likeness (QED) is 0.736. The van der Waals surface area contributed by atoms with Crippen LogP contribution in [0.3, 0.4) is 0 Å². The van der Waals surface area contributed by atoms with Crippen LogP contribution < -0.4 is 9.47 Å². The van der Waals surface area contributed by atoms with E-state index in [0.29, 0.717) is 5.92 Å². The van der Waals surface area contributed by atoms with Crippen LogP contribution in [0.15, 0.2) is 18.2 Å². The van der Waals surface area contributed by atoms with Crippen LogP contribution in [-0.4, -0.2) is 14.2 Å². The molecule has 0 heterocycles. The monoisotopic (exact) mass is 204 g/mol. The second-order valence-electron chi connectivity index (χ2n) is 3.84. The molecule has 1 aliphatic rings. The maximum absolute atomic E-state index is 5.41. The van der Waals surface area contributed by atoms with Crippen molar-refractivity contribution in [3.63, 3.8) is 0 Å². The lowest BCUT2D eigenvalue weighted by Gasteiger charge is -2.21. The van der Waals surface area contributed by atoms with E-state index in [1.54, 1.807) is 14.2 Å². The van der Waals surface area contributed by atoms with Crippen LogP contribution >= 0.6 is 0 Å². The summed E-state index contributed by atoms with van der Waals surface area (Å²) in [5.74, 6) is 2.21. The first-order chi connectivity index (χ1) is 7.27. The molecule has 0 N–H and O–H groups in total. The number of allylic oxidation sites excluding steroid dienone is 1. The Hall–Kier alpha value is -1.44. The molecular formula is C13H16O2. The summed E-state index contributed by atoms with van der Waals surface area (Å²) in [5.41, 5.74) is 2.51. The summed E-state index contributed by atoms with van der Waals surface area (Å²) in [7, 11) is 3.35. The van der Waals surface area contributed by atoms with E-state index in [9.17, 15) is 0 Å². The highest BCUT2D eigenvalue weighted by Crippen LogP contribution is 2.40. The molecule has 2 rings (SSSR count). The van der Waals surface area contributed by atoms with E-state index in [0.717, 1.165) is 23.5 Å². The van der Waals surface area contributed by atoms with Gasteiger partial charge in [0.1, 0.15) is 0 Å². The average Bonchev–Trinajstić information content (AvgIpc) is 2.28. The van der Waals surface area contributed by atoms with Crippen molar-refractivity contribution in [2.45, 2.75) is 19.3 Å². The van der Waals surface area contributed by atoms with Crippen molar-refractivity contribution >= 4 is 6.08 Å². The van der Waals surface area contributed by atoms with Crippen molar-refractivity contribution < 1.29 is 9.47 Å². The largest absolute Gasteiger partial charge is 0.493 e. The van der Waals surface area contributed by atoms with Gasteiger partial charge < -0.3 is 9.47 Å². The first kappa shape index (κ1) is 10.1. The number of fused-ring (bicyclic) bond motifs is 1. The Morgan fingerprint density at radius 2 is 2.00 bits per heavy atom. The molecule has 0 amide bonds. The van der Waals surface area contributed by atoms with E-state index in [2.05, 4.69) is 25.1 Å². The minimum Gasteiger partial charge on any atom is -0.493 e. The topological polar surface area (TPSA) is 18.5 Å². The van der Waals surface area contributed by atoms with Gasteiger partial charge in [0.2, 0.25) is 0 Å². The summed E-state index contributed by atoms with van der Waals surface area (Å²) < 4.78 is 10.7. The van der Waals surface area contributed by atoms with Crippen LogP contribution in [0, 0.1) is 0 Å². The Kier molecular flexibility index (Phi) is 2.67. The molecule has 1 aromatic rings. The van der Waals surface area contributed by atoms with Gasteiger partial charge in [-0.1, -0.05) is 25.1 Å². The van der Waals surface area contributed by atoms with Gasteiger partial charge in [0.15, 0.2) is 11.5 Å². The Labute approximate surface area is 90.5 Å². The maximum Gasteiger partial charge on any atom is 0.168 e. The predicted octanol–water partition coefficient (Wildman–Crippen LogP) is 3.22. The van der Waals surface area contributed by atoms with E-state index >= 15 is 0 Å². The second kappa shape index (κ2) is 3.97. The van der Waals surface area contributed by atoms with E-state index in [-0.39, 0.29) is 0 Å². The second-order valence-corrected chi connectivity index (χ2v) is 3.84. The smallest absolute Gasteiger partial charge is 0.168 e. The van der Waals surface area contributed by atoms with Crippen molar-refractivity contribution in [1.82, 2.24) is 0 Å². The van der Waals surface area contributed by atoms with E-state index in [1.807, 2.05) is 6.07 Å². The molecule has 1 unspecified atom stereocenters. The lowest BCUT2D eigenvalue weighted by Crippen LogP contribution is -2.03. The molecule has 0 aromatic heterocycles. The van der Waals surface area contributed by atoms with Gasteiger partial charge >= 0.3 is 0 Å². The molecule has 1 aromatic carbocycles. The summed E-state index contributed by atoms with van der Waals surface area (Å²) >= 11 is 0. The molecule has 15 heavy (non-hydrogen) atoms. The number of hydrogen-bond acceptors (Lipinski definition) is 2. The lowest BCUT2D eigenvalue weighted by molar-refractivity contribution is 0.353. The minimum absolute atomic E-state index is 0.560. The molecule has 1 atom stereocenters. The van der Waals surface area contributed by atoms with Crippen molar-refractivity contribution in [2.75, 3.05) is 14.2 Å². The summed E-state index contributed by atoms with van der Waals surface area (Å²) in [4.78, 5) is 0. The van der Waals surface area contributed by atoms with Crippen LogP contribution in [-0.2, 0) is 0 Å². The Morgan fingerprint density at radius 3 is 2.67 bits per heavy atom. The SMILES string of the molecule is COc1ccc2c(c1OC)C=CCC2C. The van der Waals surface area contributed by atoms with Gasteiger partial charge in [-0.2, -0.15) is 0 Å². The Morgan fingerprint density at radius 1 is 1.20 bits per heavy atom. The third kappa shape index (κ3) is 1.60. The van der Waals surface area contributed by atoms with Crippen LogP contribution in [0.5, 0.6) is 11.5 Å². The Bertz CT molecular complexity index is 394. The molecule has 0 aliphatic heterocycles. The van der Waals surface area contributed by atoms with Gasteiger partial charge in [-0.15, -0.1) is 0 Å². The lowest BCUT2D eigenvalue weighted by atomic mass is 9.88. The molecule has 0 fully saturated rings. The maximum atomic E-state index is 5.41. The molecule has 1 aliphatic carbocycles. The average molecular weight is 204 g/mol. The fourth-order valence-corrected chi connectivity index (χ4v) is 2.08. The zero-order valence-corrected chi connectivity index (χ0v) is 9.41. The summed E-state index contributed by atoms with van der Waals surface area (Å²) in [6.45, 7) is 2.23. The van der Waals surface area contributed by atoms with E-state index in [1.165, 1.54) is 5.56 Å². The van der Waals surface area contributed by atoms with Crippen molar-refractivity contribution in [3.05, 3.63) is 29.3 Å². The fourth-order valence-electron chi connectivity index (χ4n) is 2.08. The minimum atomic E-state index is 0.560. The van der Waals surface area contributed by atoms with Crippen molar-refractivity contribution in [2.24, 2.45) is 0 Å². The predicted molar refractivity (Wildman–Crippen MR) is 61.6 cm³/mol. The third-order valence-electron chi connectivity index (χ3n) is 2.92. The third-order valence-corrected chi connectivity index (χ3v) is 2.92. The van der Waals surface area contributed by atoms with Gasteiger partial charge in [0, 0.05) is 5.56 Å². The summed E-state index contributed by atoms with van der Waals surface area (Å²) in [6.07, 6.45) is 5.41. The standard InChI is InChI=1S/C13H16O2/c1-9-5-4-6-11-10(9)7-8-12(14-2)13(11)15-3/h4,6-9H,5H2,1-3H3. The number of ether oxygens (including phenoxy) is 2. The zero-order chi connectivity index (χ0) is 10.8. The van der Waals surface area contributed by atoms with Gasteiger partial charge in [0.25, 0.3) is 0 Å². The molecule has 2 heteroatoms. The van der Waals surface area contributed by atoms with Gasteiger partial charge in [0.05, 0.1) is 14.2 Å². The molecule has 2 nitrogen and oxygen atoms in total. The first-order valence-corrected chi connectivity index (χ1v) is 5.19. The van der Waals surface area contributed by atoms with E-state index < -0.39 is 0 Å². The number of methoxy groups -OCH3 is 2. The molecule has 0 bridgehead atoms. The zero-order valence-electron chi connectivity index (χ0n) is 9.41. The molecule has 0 saturated carbocycles. The highest BCUT2D eigenvalue weighted by atomic mass is 16.5. The Balaban J connectivity index is 2.60. The van der Waals surface area contributed by atoms with E-state index in [4.69, 9.17) is 9.47 Å². The number of rotatable bonds is 2. The number of benzene rings is 1. The fraction of sp³-hybridized carbons (Fsp3) is 0.385. The van der Waals surface area contributed by atoms with Crippen molar-refractivity contribution in [3.8, 4) is 11.5 Å². The molecule has 0 radical (unpaired) electrons. The molecular weight excluding hydrogens is 188 g/mol. The van der Waals surface area contributed by atoms with Gasteiger partial charge in [-0.05, 0) is 24.0 Å². The molecule has 80 valence electrons. The summed E-state index contributed by atoms with van der Waals surface area (Å²) in [5, 5.41) is 0. The highest BCUT2D eigenvalue weighted by Gasteiger charge is 2.18. The highest BCUT2D eigenvalue weighted by molar-refractivity contribution is 5.68. The normalized spacial score (nSPS) is 18.5. The summed E-state index contributed by atoms with van der Waals surface area (Å²) in [6, 6.07) is 4.11. The molecule has 0 spiro atoms. The van der Waals surface area contributed by atoms with Gasteiger partial charge in [-0.25, -0.2) is 0 Å². The van der Waals surface area contributed by atoms with Crippen LogP contribution in [0.2, 0.25) is 0 Å². The number of hydrogen-bond donors (Lipinski definition) is 0. The van der Waals surface area contributed by atoms with Crippen LogP contribution in [0.1, 0.15) is 30.4 Å².